The molecule has 182 valence electrons. The van der Waals surface area contributed by atoms with Crippen LogP contribution in [0.15, 0.2) is 73.3 Å². The van der Waals surface area contributed by atoms with E-state index in [4.69, 9.17) is 0 Å². The fraction of sp³-hybridized carbons (Fsp3) is 0.115. The molecule has 0 saturated heterocycles. The van der Waals surface area contributed by atoms with Gasteiger partial charge in [0, 0.05) is 41.5 Å². The number of nitrogens with one attached hydrogen (secondary N) is 3. The highest BCUT2D eigenvalue weighted by molar-refractivity contribution is 6.00. The van der Waals surface area contributed by atoms with Crippen molar-refractivity contribution in [3.63, 3.8) is 0 Å². The molecule has 0 radical (unpaired) electrons. The van der Waals surface area contributed by atoms with Crippen LogP contribution in [-0.2, 0) is 11.3 Å². The van der Waals surface area contributed by atoms with Crippen LogP contribution in [-0.4, -0.2) is 60.0 Å². The van der Waals surface area contributed by atoms with Gasteiger partial charge in [-0.3, -0.25) is 9.89 Å². The molecule has 0 spiro atoms. The van der Waals surface area contributed by atoms with E-state index in [2.05, 4.69) is 41.0 Å². The quantitative estimate of drug-likeness (QED) is 0.279. The van der Waals surface area contributed by atoms with E-state index >= 15 is 0 Å². The van der Waals surface area contributed by atoms with Crippen molar-refractivity contribution < 1.29 is 9.59 Å². The Morgan fingerprint density at radius 3 is 2.84 bits per heavy atom. The third kappa shape index (κ3) is 4.45. The van der Waals surface area contributed by atoms with Gasteiger partial charge in [0.05, 0.1) is 29.8 Å². The largest absolute Gasteiger partial charge is 0.381 e. The zero-order valence-electron chi connectivity index (χ0n) is 19.5. The number of nitrogens with zero attached hydrogens (tertiary/aromatic N) is 6. The first-order valence-electron chi connectivity index (χ1n) is 11.6. The average molecular weight is 492 g/mol. The van der Waals surface area contributed by atoms with Crippen molar-refractivity contribution in [3.05, 3.63) is 84.4 Å². The smallest absolute Gasteiger partial charge is 0.255 e. The maximum atomic E-state index is 13.2. The minimum atomic E-state index is -0.632. The third-order valence-electron chi connectivity index (χ3n) is 6.23. The summed E-state index contributed by atoms with van der Waals surface area (Å²) >= 11 is 0. The first-order chi connectivity index (χ1) is 18.2. The van der Waals surface area contributed by atoms with Crippen LogP contribution in [0.4, 0.5) is 17.2 Å². The molecule has 0 bridgehead atoms. The Kier molecular flexibility index (Phi) is 5.70. The fourth-order valence-electron chi connectivity index (χ4n) is 4.32. The van der Waals surface area contributed by atoms with Gasteiger partial charge in [0.15, 0.2) is 5.82 Å². The van der Waals surface area contributed by atoms with Crippen LogP contribution in [0.25, 0.3) is 22.3 Å². The number of rotatable bonds is 8. The molecule has 0 aliphatic carbocycles. The van der Waals surface area contributed by atoms with E-state index in [1.807, 2.05) is 30.3 Å². The van der Waals surface area contributed by atoms with Gasteiger partial charge in [0.25, 0.3) is 5.91 Å². The molecule has 1 aliphatic rings. The molecule has 11 nitrogen and oxygen atoms in total. The Morgan fingerprint density at radius 2 is 1.97 bits per heavy atom. The molecule has 1 aliphatic heterocycles. The molecule has 1 unspecified atom stereocenters. The van der Waals surface area contributed by atoms with Gasteiger partial charge >= 0.3 is 0 Å². The standard InChI is InChI=1S/C26H21N9O2/c36-15-21(13-28-20-5-8-29-30-12-20)35-14-17-2-1-16(10-22(17)26(35)37)25-27-7-6-24(33-25)32-19-3-4-23-18(9-19)11-31-34-23/h1-12,15,21H,13-14H2,(H,28,29)(H,31,34)(H,27,32,33). The summed E-state index contributed by atoms with van der Waals surface area (Å²) in [5.74, 6) is 0.910. The fourth-order valence-corrected chi connectivity index (χ4v) is 4.32. The molecule has 0 saturated carbocycles. The molecular formula is C26H21N9O2. The van der Waals surface area contributed by atoms with E-state index in [9.17, 15) is 9.59 Å². The Morgan fingerprint density at radius 1 is 1.03 bits per heavy atom. The molecular weight excluding hydrogens is 470 g/mol. The van der Waals surface area contributed by atoms with Crippen LogP contribution < -0.4 is 10.6 Å². The second kappa shape index (κ2) is 9.46. The van der Waals surface area contributed by atoms with Gasteiger partial charge in [-0.05, 0) is 42.0 Å². The maximum Gasteiger partial charge on any atom is 0.255 e. The topological polar surface area (TPSA) is 142 Å². The van der Waals surface area contributed by atoms with Crippen LogP contribution in [0, 0.1) is 0 Å². The Balaban J connectivity index is 1.20. The summed E-state index contributed by atoms with van der Waals surface area (Å²) in [6.07, 6.45) is 7.34. The van der Waals surface area contributed by atoms with Crippen molar-refractivity contribution in [3.8, 4) is 11.4 Å². The van der Waals surface area contributed by atoms with Crippen molar-refractivity contribution >= 4 is 40.3 Å². The third-order valence-corrected chi connectivity index (χ3v) is 6.23. The van der Waals surface area contributed by atoms with Crippen LogP contribution in [0.3, 0.4) is 0 Å². The number of H-pyrrole nitrogens is 1. The molecule has 5 aromatic rings. The highest BCUT2D eigenvalue weighted by atomic mass is 16.2. The van der Waals surface area contributed by atoms with Crippen LogP contribution in [0.5, 0.6) is 0 Å². The number of aromatic nitrogens is 6. The lowest BCUT2D eigenvalue weighted by Crippen LogP contribution is -2.41. The number of anilines is 3. The monoisotopic (exact) mass is 491 g/mol. The zero-order chi connectivity index (χ0) is 25.2. The number of amides is 1. The molecule has 37 heavy (non-hydrogen) atoms. The highest BCUT2D eigenvalue weighted by Crippen LogP contribution is 2.29. The number of aromatic amines is 1. The molecule has 0 fully saturated rings. The molecule has 2 aromatic carbocycles. The minimum Gasteiger partial charge on any atom is -0.381 e. The maximum absolute atomic E-state index is 13.2. The SMILES string of the molecule is O=CC(CNc1ccnnc1)N1Cc2ccc(-c3nccc(Nc4ccc5[nH]ncc5c4)n3)cc2C1=O. The van der Waals surface area contributed by atoms with E-state index < -0.39 is 6.04 Å². The van der Waals surface area contributed by atoms with Gasteiger partial charge < -0.3 is 20.3 Å². The summed E-state index contributed by atoms with van der Waals surface area (Å²) in [6.45, 7) is 0.621. The van der Waals surface area contributed by atoms with Gasteiger partial charge in [-0.25, -0.2) is 9.97 Å². The van der Waals surface area contributed by atoms with Crippen LogP contribution in [0.2, 0.25) is 0 Å². The lowest BCUT2D eigenvalue weighted by molar-refractivity contribution is -0.111. The van der Waals surface area contributed by atoms with E-state index in [1.165, 1.54) is 0 Å². The number of aldehydes is 1. The van der Waals surface area contributed by atoms with Crippen molar-refractivity contribution in [2.45, 2.75) is 12.6 Å². The van der Waals surface area contributed by atoms with Crippen molar-refractivity contribution in [1.29, 1.82) is 0 Å². The summed E-state index contributed by atoms with van der Waals surface area (Å²) in [6, 6.07) is 14.3. The summed E-state index contributed by atoms with van der Waals surface area (Å²) in [4.78, 5) is 35.7. The van der Waals surface area contributed by atoms with Gasteiger partial charge in [-0.2, -0.15) is 15.3 Å². The summed E-state index contributed by atoms with van der Waals surface area (Å²) in [5, 5.41) is 21.9. The molecule has 6 rings (SSSR count). The number of fused-ring (bicyclic) bond motifs is 2. The second-order valence-electron chi connectivity index (χ2n) is 8.58. The zero-order valence-corrected chi connectivity index (χ0v) is 19.5. The van der Waals surface area contributed by atoms with Crippen molar-refractivity contribution in [1.82, 2.24) is 35.3 Å². The molecule has 1 atom stereocenters. The van der Waals surface area contributed by atoms with Gasteiger partial charge in [0.2, 0.25) is 0 Å². The van der Waals surface area contributed by atoms with E-state index in [0.29, 0.717) is 29.3 Å². The normalized spacial score (nSPS) is 13.4. The summed E-state index contributed by atoms with van der Waals surface area (Å²) in [7, 11) is 0. The number of benzene rings is 2. The van der Waals surface area contributed by atoms with E-state index in [1.54, 1.807) is 47.9 Å². The Hall–Kier alpha value is -5.19. The van der Waals surface area contributed by atoms with E-state index in [0.717, 1.165) is 34.1 Å². The molecule has 1 amide bonds. The number of hydrogen-bond acceptors (Lipinski definition) is 9. The number of carbonyl (C=O) groups excluding carboxylic acids is 2. The van der Waals surface area contributed by atoms with E-state index in [-0.39, 0.29) is 12.5 Å². The lowest BCUT2D eigenvalue weighted by Gasteiger charge is -2.23. The predicted molar refractivity (Wildman–Crippen MR) is 137 cm³/mol. The second-order valence-corrected chi connectivity index (χ2v) is 8.58. The predicted octanol–water partition coefficient (Wildman–Crippen LogP) is 3.19. The average Bonchev–Trinajstić information content (AvgIpc) is 3.54. The lowest BCUT2D eigenvalue weighted by atomic mass is 10.1. The van der Waals surface area contributed by atoms with Gasteiger partial charge in [-0.15, -0.1) is 0 Å². The summed E-state index contributed by atoms with van der Waals surface area (Å²) < 4.78 is 0. The van der Waals surface area contributed by atoms with Crippen LogP contribution >= 0.6 is 0 Å². The van der Waals surface area contributed by atoms with Gasteiger partial charge in [0.1, 0.15) is 18.1 Å². The molecule has 3 aromatic heterocycles. The number of carbonyl (C=O) groups is 2. The number of hydrogen-bond donors (Lipinski definition) is 3. The first-order valence-corrected chi connectivity index (χ1v) is 11.6. The Labute approximate surface area is 211 Å². The van der Waals surface area contributed by atoms with Crippen molar-refractivity contribution in [2.24, 2.45) is 0 Å². The van der Waals surface area contributed by atoms with Gasteiger partial charge in [-0.1, -0.05) is 12.1 Å². The Bertz CT molecular complexity index is 1600. The molecule has 4 heterocycles. The first kappa shape index (κ1) is 22.3. The summed E-state index contributed by atoms with van der Waals surface area (Å²) in [5.41, 5.74) is 4.66. The molecule has 3 N–H and O–H groups in total. The van der Waals surface area contributed by atoms with Crippen molar-refractivity contribution in [2.75, 3.05) is 17.2 Å². The van der Waals surface area contributed by atoms with Crippen LogP contribution in [0.1, 0.15) is 15.9 Å². The molecule has 11 heteroatoms. The minimum absolute atomic E-state index is 0.203. The highest BCUT2D eigenvalue weighted by Gasteiger charge is 2.33.